The molecule has 0 atom stereocenters. The van der Waals surface area contributed by atoms with Crippen molar-refractivity contribution >= 4 is 20.6 Å². The predicted molar refractivity (Wildman–Crippen MR) is 72.5 cm³/mol. The Morgan fingerprint density at radius 3 is 2.28 bits per heavy atom. The van der Waals surface area contributed by atoms with Crippen LogP contribution in [0.25, 0.3) is 10.8 Å². The average molecular weight is 264 g/mol. The number of hydrogen-bond acceptors (Lipinski definition) is 4. The standard InChI is InChI=1S/C13H16N2O2S/c1-2-13(14,15)18(16,17)12-8-7-10-5-3-4-6-11(10)9-12/h3-9H,2,14-15H2,1H3. The molecule has 0 bridgehead atoms. The number of rotatable bonds is 3. The summed E-state index contributed by atoms with van der Waals surface area (Å²) < 4.78 is 24.6. The smallest absolute Gasteiger partial charge is 0.210 e. The second-order valence-electron chi connectivity index (χ2n) is 4.32. The van der Waals surface area contributed by atoms with Crippen molar-refractivity contribution in [1.82, 2.24) is 0 Å². The first-order chi connectivity index (χ1) is 8.38. The van der Waals surface area contributed by atoms with Crippen LogP contribution < -0.4 is 11.5 Å². The predicted octanol–water partition coefficient (Wildman–Crippen LogP) is 1.59. The topological polar surface area (TPSA) is 86.2 Å². The highest BCUT2D eigenvalue weighted by Gasteiger charge is 2.35. The van der Waals surface area contributed by atoms with Gasteiger partial charge >= 0.3 is 0 Å². The zero-order chi connectivity index (χ0) is 13.4. The Morgan fingerprint density at radius 1 is 1.06 bits per heavy atom. The maximum absolute atomic E-state index is 12.3. The lowest BCUT2D eigenvalue weighted by Crippen LogP contribution is -2.55. The van der Waals surface area contributed by atoms with E-state index in [4.69, 9.17) is 11.5 Å². The van der Waals surface area contributed by atoms with E-state index in [1.54, 1.807) is 25.1 Å². The molecule has 0 unspecified atom stereocenters. The summed E-state index contributed by atoms with van der Waals surface area (Å²) in [6.45, 7) is 1.65. The zero-order valence-electron chi connectivity index (χ0n) is 10.1. The van der Waals surface area contributed by atoms with Crippen LogP contribution in [-0.2, 0) is 9.84 Å². The molecule has 0 radical (unpaired) electrons. The van der Waals surface area contributed by atoms with Crippen molar-refractivity contribution in [3.05, 3.63) is 42.5 Å². The van der Waals surface area contributed by atoms with Gasteiger partial charge in [0.05, 0.1) is 4.90 Å². The summed E-state index contributed by atoms with van der Waals surface area (Å²) in [5.41, 5.74) is 11.3. The Kier molecular flexibility index (Phi) is 3.14. The van der Waals surface area contributed by atoms with E-state index in [0.29, 0.717) is 0 Å². The lowest BCUT2D eigenvalue weighted by atomic mass is 10.1. The maximum atomic E-state index is 12.3. The molecule has 4 N–H and O–H groups in total. The Labute approximate surface area is 107 Å². The first-order valence-electron chi connectivity index (χ1n) is 5.69. The summed E-state index contributed by atoms with van der Waals surface area (Å²) in [5, 5.41) is 1.83. The summed E-state index contributed by atoms with van der Waals surface area (Å²) in [5.74, 6) is 0. The van der Waals surface area contributed by atoms with E-state index < -0.39 is 14.8 Å². The van der Waals surface area contributed by atoms with Crippen LogP contribution >= 0.6 is 0 Å². The van der Waals surface area contributed by atoms with Gasteiger partial charge in [-0.3, -0.25) is 0 Å². The van der Waals surface area contributed by atoms with Crippen LogP contribution in [0.2, 0.25) is 0 Å². The van der Waals surface area contributed by atoms with Gasteiger partial charge in [-0.2, -0.15) is 0 Å². The third-order valence-electron chi connectivity index (χ3n) is 3.08. The summed E-state index contributed by atoms with van der Waals surface area (Å²) in [4.78, 5) is -1.57. The minimum absolute atomic E-state index is 0.155. The first-order valence-corrected chi connectivity index (χ1v) is 7.18. The molecule has 0 fully saturated rings. The van der Waals surface area contributed by atoms with E-state index in [1.165, 1.54) is 0 Å². The van der Waals surface area contributed by atoms with Gasteiger partial charge in [0.15, 0.2) is 4.99 Å². The lowest BCUT2D eigenvalue weighted by molar-refractivity contribution is 0.513. The van der Waals surface area contributed by atoms with Gasteiger partial charge in [-0.25, -0.2) is 8.42 Å². The fourth-order valence-electron chi connectivity index (χ4n) is 1.74. The number of fused-ring (bicyclic) bond motifs is 1. The van der Waals surface area contributed by atoms with Crippen LogP contribution in [-0.4, -0.2) is 13.4 Å². The highest BCUT2D eigenvalue weighted by atomic mass is 32.2. The average Bonchev–Trinajstić information content (AvgIpc) is 2.37. The van der Waals surface area contributed by atoms with Crippen molar-refractivity contribution < 1.29 is 8.42 Å². The molecule has 2 aromatic rings. The van der Waals surface area contributed by atoms with Crippen LogP contribution in [0.1, 0.15) is 13.3 Å². The Balaban J connectivity index is 2.62. The van der Waals surface area contributed by atoms with Crippen molar-refractivity contribution in [3.8, 4) is 0 Å². The van der Waals surface area contributed by atoms with Gasteiger partial charge in [0.1, 0.15) is 0 Å². The highest BCUT2D eigenvalue weighted by molar-refractivity contribution is 7.92. The monoisotopic (exact) mass is 264 g/mol. The first kappa shape index (κ1) is 13.0. The van der Waals surface area contributed by atoms with E-state index in [2.05, 4.69) is 0 Å². The molecule has 0 saturated carbocycles. The van der Waals surface area contributed by atoms with Gasteiger partial charge in [0.25, 0.3) is 0 Å². The number of nitrogens with two attached hydrogens (primary N) is 2. The number of sulfone groups is 1. The van der Waals surface area contributed by atoms with Crippen molar-refractivity contribution in [2.75, 3.05) is 0 Å². The van der Waals surface area contributed by atoms with Crippen LogP contribution in [0.5, 0.6) is 0 Å². The van der Waals surface area contributed by atoms with Gasteiger partial charge in [0.2, 0.25) is 9.84 Å². The summed E-state index contributed by atoms with van der Waals surface area (Å²) in [6.07, 6.45) is 0.155. The molecule has 0 aliphatic rings. The molecule has 5 heteroatoms. The van der Waals surface area contributed by atoms with Gasteiger partial charge < -0.3 is 11.5 Å². The zero-order valence-corrected chi connectivity index (χ0v) is 10.9. The normalized spacial score (nSPS) is 12.8. The van der Waals surface area contributed by atoms with Crippen LogP contribution in [0, 0.1) is 0 Å². The molecule has 18 heavy (non-hydrogen) atoms. The minimum Gasteiger partial charge on any atom is -0.300 e. The van der Waals surface area contributed by atoms with Gasteiger partial charge in [-0.05, 0) is 29.3 Å². The SMILES string of the molecule is CCC(N)(N)S(=O)(=O)c1ccc2ccccc2c1. The van der Waals surface area contributed by atoms with Gasteiger partial charge in [0, 0.05) is 0 Å². The van der Waals surface area contributed by atoms with E-state index in [-0.39, 0.29) is 11.3 Å². The molecule has 2 aromatic carbocycles. The molecule has 0 spiro atoms. The van der Waals surface area contributed by atoms with Crippen LogP contribution in [0.3, 0.4) is 0 Å². The molecular weight excluding hydrogens is 248 g/mol. The molecule has 96 valence electrons. The van der Waals surface area contributed by atoms with E-state index in [9.17, 15) is 8.42 Å². The molecule has 4 nitrogen and oxygen atoms in total. The third-order valence-corrected chi connectivity index (χ3v) is 5.25. The molecule has 0 amide bonds. The van der Waals surface area contributed by atoms with Crippen molar-refractivity contribution in [3.63, 3.8) is 0 Å². The van der Waals surface area contributed by atoms with Crippen molar-refractivity contribution in [1.29, 1.82) is 0 Å². The fraction of sp³-hybridized carbons (Fsp3) is 0.231. The summed E-state index contributed by atoms with van der Waals surface area (Å²) >= 11 is 0. The second-order valence-corrected chi connectivity index (χ2v) is 6.56. The Bertz CT molecular complexity index is 678. The molecule has 0 aliphatic heterocycles. The Hall–Kier alpha value is -1.43. The molecule has 0 saturated heterocycles. The highest BCUT2D eigenvalue weighted by Crippen LogP contribution is 2.24. The molecular formula is C13H16N2O2S. The molecule has 0 aliphatic carbocycles. The fourth-order valence-corrected chi connectivity index (χ4v) is 3.09. The van der Waals surface area contributed by atoms with E-state index in [0.717, 1.165) is 10.8 Å². The number of hydrogen-bond donors (Lipinski definition) is 2. The largest absolute Gasteiger partial charge is 0.300 e. The summed E-state index contributed by atoms with van der Waals surface area (Å²) in [6, 6.07) is 12.4. The lowest BCUT2D eigenvalue weighted by Gasteiger charge is -2.22. The molecule has 0 aromatic heterocycles. The molecule has 2 rings (SSSR count). The van der Waals surface area contributed by atoms with Crippen molar-refractivity contribution in [2.45, 2.75) is 23.2 Å². The minimum atomic E-state index is -3.72. The summed E-state index contributed by atoms with van der Waals surface area (Å²) in [7, 11) is -3.72. The van der Waals surface area contributed by atoms with Gasteiger partial charge in [-0.15, -0.1) is 0 Å². The van der Waals surface area contributed by atoms with Crippen LogP contribution in [0.15, 0.2) is 47.4 Å². The second kappa shape index (κ2) is 4.35. The van der Waals surface area contributed by atoms with Crippen molar-refractivity contribution in [2.24, 2.45) is 11.5 Å². The third kappa shape index (κ3) is 2.01. The quantitative estimate of drug-likeness (QED) is 0.824. The van der Waals surface area contributed by atoms with E-state index in [1.807, 2.05) is 24.3 Å². The van der Waals surface area contributed by atoms with Gasteiger partial charge in [-0.1, -0.05) is 37.3 Å². The van der Waals surface area contributed by atoms with Crippen LogP contribution in [0.4, 0.5) is 0 Å². The molecule has 0 heterocycles. The maximum Gasteiger partial charge on any atom is 0.210 e. The number of benzene rings is 2. The Morgan fingerprint density at radius 2 is 1.67 bits per heavy atom. The van der Waals surface area contributed by atoms with E-state index >= 15 is 0 Å².